The predicted molar refractivity (Wildman–Crippen MR) is 96.0 cm³/mol. The number of likely N-dealkylation sites (tertiary alicyclic amines) is 1. The van der Waals surface area contributed by atoms with Gasteiger partial charge in [-0.2, -0.15) is 0 Å². The van der Waals surface area contributed by atoms with E-state index in [1.165, 1.54) is 6.07 Å². The van der Waals surface area contributed by atoms with Crippen LogP contribution in [-0.2, 0) is 9.59 Å². The lowest BCUT2D eigenvalue weighted by Gasteiger charge is -2.35. The highest BCUT2D eigenvalue weighted by atomic mass is 16.4. The van der Waals surface area contributed by atoms with Crippen LogP contribution >= 0.6 is 0 Å². The lowest BCUT2D eigenvalue weighted by atomic mass is 9.97. The third-order valence-electron chi connectivity index (χ3n) is 4.66. The molecule has 142 valence electrons. The Kier molecular flexibility index (Phi) is 7.00. The van der Waals surface area contributed by atoms with Crippen LogP contribution in [0.3, 0.4) is 0 Å². The second-order valence-electron chi connectivity index (χ2n) is 6.70. The Balaban J connectivity index is 1.84. The molecule has 0 saturated carbocycles. The Morgan fingerprint density at radius 3 is 2.69 bits per heavy atom. The van der Waals surface area contributed by atoms with E-state index >= 15 is 0 Å². The average molecular weight is 362 g/mol. The molecule has 1 aliphatic rings. The van der Waals surface area contributed by atoms with Gasteiger partial charge in [0.2, 0.25) is 5.91 Å². The van der Waals surface area contributed by atoms with E-state index < -0.39 is 11.9 Å². The fourth-order valence-corrected chi connectivity index (χ4v) is 3.27. The van der Waals surface area contributed by atoms with Gasteiger partial charge >= 0.3 is 5.97 Å². The van der Waals surface area contributed by atoms with Gasteiger partial charge in [0.1, 0.15) is 5.75 Å². The van der Waals surface area contributed by atoms with Gasteiger partial charge in [-0.15, -0.1) is 0 Å². The molecule has 1 aromatic rings. The number of phenolic OH excluding ortho intramolecular Hbond substituents is 1. The van der Waals surface area contributed by atoms with E-state index in [0.717, 1.165) is 24.8 Å². The number of aromatic hydroxyl groups is 1. The summed E-state index contributed by atoms with van der Waals surface area (Å²) < 4.78 is 0. The van der Waals surface area contributed by atoms with Crippen LogP contribution in [0.1, 0.15) is 54.4 Å². The summed E-state index contributed by atoms with van der Waals surface area (Å²) in [5.74, 6) is -1.43. The van der Waals surface area contributed by atoms with Crippen molar-refractivity contribution in [3.05, 3.63) is 29.3 Å². The molecule has 1 atom stereocenters. The van der Waals surface area contributed by atoms with Crippen molar-refractivity contribution in [3.8, 4) is 5.75 Å². The lowest BCUT2D eigenvalue weighted by Crippen LogP contribution is -2.45. The summed E-state index contributed by atoms with van der Waals surface area (Å²) >= 11 is 0. The number of aryl methyl sites for hydroxylation is 1. The van der Waals surface area contributed by atoms with Crippen molar-refractivity contribution in [2.75, 3.05) is 13.1 Å². The molecule has 0 radical (unpaired) electrons. The van der Waals surface area contributed by atoms with Crippen molar-refractivity contribution < 1.29 is 24.6 Å². The zero-order valence-corrected chi connectivity index (χ0v) is 15.0. The number of nitrogens with zero attached hydrogens (tertiary/aromatic N) is 1. The SMILES string of the molecule is Cc1ccc(C(=O)NCCC(=O)N2CCCCC2CCC(=O)O)c(O)c1. The van der Waals surface area contributed by atoms with Crippen LogP contribution in [0.25, 0.3) is 0 Å². The molecule has 0 spiro atoms. The quantitative estimate of drug-likeness (QED) is 0.688. The minimum absolute atomic E-state index is 0.0378. The number of piperidine rings is 1. The molecule has 0 aromatic heterocycles. The molecular weight excluding hydrogens is 336 g/mol. The highest BCUT2D eigenvalue weighted by Crippen LogP contribution is 2.22. The molecule has 26 heavy (non-hydrogen) atoms. The van der Waals surface area contributed by atoms with Gasteiger partial charge in [-0.05, 0) is 50.3 Å². The molecular formula is C19H26N2O5. The highest BCUT2D eigenvalue weighted by Gasteiger charge is 2.26. The van der Waals surface area contributed by atoms with Gasteiger partial charge in [0.05, 0.1) is 5.56 Å². The number of carboxylic acids is 1. The molecule has 7 heteroatoms. The molecule has 1 aliphatic heterocycles. The summed E-state index contributed by atoms with van der Waals surface area (Å²) in [7, 11) is 0. The van der Waals surface area contributed by atoms with Crippen LogP contribution < -0.4 is 5.32 Å². The van der Waals surface area contributed by atoms with Gasteiger partial charge in [0.25, 0.3) is 5.91 Å². The summed E-state index contributed by atoms with van der Waals surface area (Å²) in [5, 5.41) is 21.3. The Morgan fingerprint density at radius 2 is 2.00 bits per heavy atom. The van der Waals surface area contributed by atoms with E-state index in [-0.39, 0.29) is 42.6 Å². The maximum absolute atomic E-state index is 12.5. The summed E-state index contributed by atoms with van der Waals surface area (Å²) in [6.45, 7) is 2.63. The number of carbonyl (C=O) groups is 3. The number of benzene rings is 1. The molecule has 1 aromatic carbocycles. The van der Waals surface area contributed by atoms with Crippen LogP contribution in [0, 0.1) is 6.92 Å². The fraction of sp³-hybridized carbons (Fsp3) is 0.526. The third-order valence-corrected chi connectivity index (χ3v) is 4.66. The van der Waals surface area contributed by atoms with E-state index in [2.05, 4.69) is 5.32 Å². The summed E-state index contributed by atoms with van der Waals surface area (Å²) in [4.78, 5) is 37.1. The van der Waals surface area contributed by atoms with E-state index in [9.17, 15) is 19.5 Å². The van der Waals surface area contributed by atoms with Crippen LogP contribution in [0.15, 0.2) is 18.2 Å². The van der Waals surface area contributed by atoms with Crippen molar-refractivity contribution in [3.63, 3.8) is 0 Å². The second kappa shape index (κ2) is 9.22. The molecule has 1 heterocycles. The first-order valence-corrected chi connectivity index (χ1v) is 8.97. The van der Waals surface area contributed by atoms with Crippen molar-refractivity contribution in [1.82, 2.24) is 10.2 Å². The van der Waals surface area contributed by atoms with Crippen molar-refractivity contribution >= 4 is 17.8 Å². The van der Waals surface area contributed by atoms with E-state index in [0.29, 0.717) is 13.0 Å². The second-order valence-corrected chi connectivity index (χ2v) is 6.70. The van der Waals surface area contributed by atoms with Gasteiger partial charge in [0, 0.05) is 32.0 Å². The summed E-state index contributed by atoms with van der Waals surface area (Å²) in [6.07, 6.45) is 3.41. The standard InChI is InChI=1S/C19H26N2O5/c1-13-5-7-15(16(22)12-13)19(26)20-10-9-17(23)21-11-3-2-4-14(21)6-8-18(24)25/h5,7,12,14,22H,2-4,6,8-11H2,1H3,(H,20,26)(H,24,25). The molecule has 2 rings (SSSR count). The Hall–Kier alpha value is -2.57. The zero-order chi connectivity index (χ0) is 19.1. The number of rotatable bonds is 7. The first-order valence-electron chi connectivity index (χ1n) is 8.97. The molecule has 1 saturated heterocycles. The number of carbonyl (C=O) groups excluding carboxylic acids is 2. The van der Waals surface area contributed by atoms with E-state index in [1.54, 1.807) is 17.0 Å². The van der Waals surface area contributed by atoms with Gasteiger partial charge in [-0.1, -0.05) is 6.07 Å². The Morgan fingerprint density at radius 1 is 1.23 bits per heavy atom. The van der Waals surface area contributed by atoms with Crippen molar-refractivity contribution in [2.24, 2.45) is 0 Å². The minimum Gasteiger partial charge on any atom is -0.507 e. The molecule has 2 amide bonds. The average Bonchev–Trinajstić information content (AvgIpc) is 2.59. The van der Waals surface area contributed by atoms with Crippen molar-refractivity contribution in [1.29, 1.82) is 0 Å². The molecule has 1 unspecified atom stereocenters. The first kappa shape index (κ1) is 19.8. The van der Waals surface area contributed by atoms with Crippen LogP contribution in [-0.4, -0.2) is 52.0 Å². The van der Waals surface area contributed by atoms with E-state index in [4.69, 9.17) is 5.11 Å². The number of hydrogen-bond donors (Lipinski definition) is 3. The molecule has 7 nitrogen and oxygen atoms in total. The van der Waals surface area contributed by atoms with Gasteiger partial charge < -0.3 is 20.4 Å². The van der Waals surface area contributed by atoms with Crippen LogP contribution in [0.5, 0.6) is 5.75 Å². The Bertz CT molecular complexity index is 674. The number of nitrogens with one attached hydrogen (secondary N) is 1. The maximum Gasteiger partial charge on any atom is 0.303 e. The highest BCUT2D eigenvalue weighted by molar-refractivity contribution is 5.97. The Labute approximate surface area is 153 Å². The first-order chi connectivity index (χ1) is 12.4. The van der Waals surface area contributed by atoms with Gasteiger partial charge in [0.15, 0.2) is 0 Å². The monoisotopic (exact) mass is 362 g/mol. The molecule has 0 bridgehead atoms. The van der Waals surface area contributed by atoms with Gasteiger partial charge in [-0.25, -0.2) is 0 Å². The fourth-order valence-electron chi connectivity index (χ4n) is 3.27. The van der Waals surface area contributed by atoms with Crippen LogP contribution in [0.4, 0.5) is 0 Å². The largest absolute Gasteiger partial charge is 0.507 e. The number of carboxylic acid groups (broad SMARTS) is 1. The van der Waals surface area contributed by atoms with Gasteiger partial charge in [-0.3, -0.25) is 14.4 Å². The van der Waals surface area contributed by atoms with Crippen molar-refractivity contribution in [2.45, 2.75) is 51.5 Å². The number of amides is 2. The zero-order valence-electron chi connectivity index (χ0n) is 15.0. The third kappa shape index (κ3) is 5.47. The number of hydrogen-bond acceptors (Lipinski definition) is 4. The predicted octanol–water partition coefficient (Wildman–Crippen LogP) is 2.07. The summed E-state index contributed by atoms with van der Waals surface area (Å²) in [6, 6.07) is 4.76. The summed E-state index contributed by atoms with van der Waals surface area (Å²) in [5.41, 5.74) is 1.03. The molecule has 3 N–H and O–H groups in total. The molecule has 1 fully saturated rings. The topological polar surface area (TPSA) is 107 Å². The minimum atomic E-state index is -0.854. The van der Waals surface area contributed by atoms with Crippen LogP contribution in [0.2, 0.25) is 0 Å². The smallest absolute Gasteiger partial charge is 0.303 e. The van der Waals surface area contributed by atoms with E-state index in [1.807, 2.05) is 6.92 Å². The maximum atomic E-state index is 12.5. The molecule has 0 aliphatic carbocycles. The lowest BCUT2D eigenvalue weighted by molar-refractivity contribution is -0.140. The number of phenols is 1. The number of aliphatic carboxylic acids is 1. The normalized spacial score (nSPS) is 17.0.